The number of carbonyl (C=O) groups is 2. The molecule has 1 fully saturated rings. The molecule has 1 aliphatic rings. The molecule has 5 nitrogen and oxygen atoms in total. The molecule has 0 spiro atoms. The van der Waals surface area contributed by atoms with Crippen molar-refractivity contribution in [3.8, 4) is 0 Å². The maximum atomic E-state index is 12.1. The summed E-state index contributed by atoms with van der Waals surface area (Å²) in [5.74, 6) is -1.78. The van der Waals surface area contributed by atoms with E-state index in [4.69, 9.17) is 0 Å². The van der Waals surface area contributed by atoms with Crippen LogP contribution < -0.4 is 5.32 Å². The maximum absolute atomic E-state index is 12.1. The highest BCUT2D eigenvalue weighted by Crippen LogP contribution is 2.30. The molecule has 0 bridgehead atoms. The highest BCUT2D eigenvalue weighted by Gasteiger charge is 2.35. The largest absolute Gasteiger partial charge is 0.481 e. The predicted octanol–water partition coefficient (Wildman–Crippen LogP) is 1.72. The lowest BCUT2D eigenvalue weighted by atomic mass is 9.79. The molecule has 0 aromatic heterocycles. The van der Waals surface area contributed by atoms with Crippen LogP contribution in [0, 0.1) is 11.8 Å². The fraction of sp³-hybridized carbons (Fsp3) is 0.867. The van der Waals surface area contributed by atoms with Gasteiger partial charge in [0.15, 0.2) is 0 Å². The van der Waals surface area contributed by atoms with Crippen molar-refractivity contribution >= 4 is 11.9 Å². The van der Waals surface area contributed by atoms with Crippen LogP contribution in [0.2, 0.25) is 0 Å². The molecular formula is C15H28N2O3. The van der Waals surface area contributed by atoms with Gasteiger partial charge in [0.25, 0.3) is 0 Å². The Morgan fingerprint density at radius 3 is 2.45 bits per heavy atom. The van der Waals surface area contributed by atoms with Crippen molar-refractivity contribution in [1.82, 2.24) is 10.2 Å². The summed E-state index contributed by atoms with van der Waals surface area (Å²) >= 11 is 0. The molecule has 0 aliphatic heterocycles. The summed E-state index contributed by atoms with van der Waals surface area (Å²) in [5, 5.41) is 12.1. The molecule has 5 heteroatoms. The van der Waals surface area contributed by atoms with E-state index in [9.17, 15) is 14.7 Å². The summed E-state index contributed by atoms with van der Waals surface area (Å²) in [6, 6.07) is 0.494. The van der Waals surface area contributed by atoms with Crippen molar-refractivity contribution in [2.75, 3.05) is 20.1 Å². The molecule has 0 radical (unpaired) electrons. The van der Waals surface area contributed by atoms with Crippen molar-refractivity contribution in [2.45, 2.75) is 52.0 Å². The summed E-state index contributed by atoms with van der Waals surface area (Å²) in [4.78, 5) is 25.5. The number of aliphatic carboxylic acids is 1. The highest BCUT2D eigenvalue weighted by atomic mass is 16.4. The van der Waals surface area contributed by atoms with Gasteiger partial charge in [0.1, 0.15) is 0 Å². The Morgan fingerprint density at radius 2 is 1.90 bits per heavy atom. The lowest BCUT2D eigenvalue weighted by Gasteiger charge is -2.28. The van der Waals surface area contributed by atoms with Crippen LogP contribution in [0.5, 0.6) is 0 Å². The highest BCUT2D eigenvalue weighted by molar-refractivity contribution is 5.84. The van der Waals surface area contributed by atoms with Crippen LogP contribution in [0.15, 0.2) is 0 Å². The number of carboxylic acids is 1. The van der Waals surface area contributed by atoms with E-state index in [0.717, 1.165) is 25.8 Å². The smallest absolute Gasteiger partial charge is 0.307 e. The zero-order chi connectivity index (χ0) is 15.1. The first-order valence-corrected chi connectivity index (χ1v) is 7.68. The lowest BCUT2D eigenvalue weighted by Crippen LogP contribution is -2.43. The van der Waals surface area contributed by atoms with Crippen molar-refractivity contribution in [2.24, 2.45) is 11.8 Å². The number of likely N-dealkylation sites (N-methyl/N-ethyl adjacent to an activating group) is 1. The van der Waals surface area contributed by atoms with Gasteiger partial charge in [0.2, 0.25) is 5.91 Å². The first-order valence-electron chi connectivity index (χ1n) is 7.68. The average Bonchev–Trinajstić information content (AvgIpc) is 2.45. The van der Waals surface area contributed by atoms with Crippen LogP contribution in [0.4, 0.5) is 0 Å². The number of amides is 1. The Labute approximate surface area is 121 Å². The molecule has 2 N–H and O–H groups in total. The predicted molar refractivity (Wildman–Crippen MR) is 78.5 cm³/mol. The molecule has 3 unspecified atom stereocenters. The summed E-state index contributed by atoms with van der Waals surface area (Å²) < 4.78 is 0. The van der Waals surface area contributed by atoms with Crippen LogP contribution in [0.1, 0.15) is 46.0 Å². The quantitative estimate of drug-likeness (QED) is 0.747. The first-order chi connectivity index (χ1) is 9.47. The molecule has 1 saturated carbocycles. The van der Waals surface area contributed by atoms with Crippen LogP contribution in [-0.4, -0.2) is 48.1 Å². The topological polar surface area (TPSA) is 69.6 Å². The average molecular weight is 284 g/mol. The maximum Gasteiger partial charge on any atom is 0.307 e. The second kappa shape index (κ2) is 8.25. The van der Waals surface area contributed by atoms with Crippen molar-refractivity contribution in [3.05, 3.63) is 0 Å². The number of nitrogens with zero attached hydrogens (tertiary/aromatic N) is 1. The molecule has 116 valence electrons. The SMILES string of the molecule is CCC(C)N(C)CCNC(=O)C1CCCCC1C(=O)O. The fourth-order valence-electron chi connectivity index (χ4n) is 2.76. The van der Waals surface area contributed by atoms with Gasteiger partial charge in [-0.25, -0.2) is 0 Å². The molecule has 20 heavy (non-hydrogen) atoms. The van der Waals surface area contributed by atoms with E-state index in [2.05, 4.69) is 24.1 Å². The van der Waals surface area contributed by atoms with Gasteiger partial charge < -0.3 is 15.3 Å². The number of carboxylic acid groups (broad SMARTS) is 1. The van der Waals surface area contributed by atoms with E-state index >= 15 is 0 Å². The van der Waals surface area contributed by atoms with E-state index in [1.807, 2.05) is 7.05 Å². The molecule has 0 aromatic carbocycles. The van der Waals surface area contributed by atoms with Crippen molar-refractivity contribution < 1.29 is 14.7 Å². The number of rotatable bonds is 7. The summed E-state index contributed by atoms with van der Waals surface area (Å²) in [6.07, 6.45) is 4.27. The van der Waals surface area contributed by atoms with Gasteiger partial charge in [-0.15, -0.1) is 0 Å². The summed E-state index contributed by atoms with van der Waals surface area (Å²) in [5.41, 5.74) is 0. The molecule has 1 aliphatic carbocycles. The molecule has 0 heterocycles. The van der Waals surface area contributed by atoms with E-state index in [1.165, 1.54) is 0 Å². The van der Waals surface area contributed by atoms with E-state index in [0.29, 0.717) is 25.4 Å². The third-order valence-corrected chi connectivity index (χ3v) is 4.53. The van der Waals surface area contributed by atoms with Gasteiger partial charge in [0, 0.05) is 19.1 Å². The van der Waals surface area contributed by atoms with E-state index < -0.39 is 11.9 Å². The molecule has 1 amide bonds. The third kappa shape index (κ3) is 4.78. The molecular weight excluding hydrogens is 256 g/mol. The minimum Gasteiger partial charge on any atom is -0.481 e. The molecule has 0 aromatic rings. The minimum atomic E-state index is -0.832. The van der Waals surface area contributed by atoms with Crippen LogP contribution in [0.25, 0.3) is 0 Å². The normalized spacial score (nSPS) is 24.4. The van der Waals surface area contributed by atoms with Crippen LogP contribution in [0.3, 0.4) is 0 Å². The number of hydrogen-bond acceptors (Lipinski definition) is 3. The zero-order valence-electron chi connectivity index (χ0n) is 12.9. The van der Waals surface area contributed by atoms with Gasteiger partial charge in [-0.1, -0.05) is 19.8 Å². The fourth-order valence-corrected chi connectivity index (χ4v) is 2.76. The second-order valence-electron chi connectivity index (χ2n) is 5.86. The molecule has 0 saturated heterocycles. The second-order valence-corrected chi connectivity index (χ2v) is 5.86. The Kier molecular flexibility index (Phi) is 6.99. The summed E-state index contributed by atoms with van der Waals surface area (Å²) in [7, 11) is 2.04. The Hall–Kier alpha value is -1.10. The number of hydrogen-bond donors (Lipinski definition) is 2. The monoisotopic (exact) mass is 284 g/mol. The Morgan fingerprint density at radius 1 is 1.30 bits per heavy atom. The van der Waals surface area contributed by atoms with Gasteiger partial charge in [-0.05, 0) is 33.2 Å². The van der Waals surface area contributed by atoms with Crippen molar-refractivity contribution in [3.63, 3.8) is 0 Å². The lowest BCUT2D eigenvalue weighted by molar-refractivity contribution is -0.148. The molecule has 1 rings (SSSR count). The Balaban J connectivity index is 2.39. The Bertz CT molecular complexity index is 333. The van der Waals surface area contributed by atoms with Gasteiger partial charge in [-0.2, -0.15) is 0 Å². The van der Waals surface area contributed by atoms with E-state index in [1.54, 1.807) is 0 Å². The summed E-state index contributed by atoms with van der Waals surface area (Å²) in [6.45, 7) is 5.68. The molecule has 3 atom stereocenters. The minimum absolute atomic E-state index is 0.0883. The standard InChI is InChI=1S/C15H28N2O3/c1-4-11(2)17(3)10-9-16-14(18)12-7-5-6-8-13(12)15(19)20/h11-13H,4-10H2,1-3H3,(H,16,18)(H,19,20). The van der Waals surface area contributed by atoms with Gasteiger partial charge >= 0.3 is 5.97 Å². The van der Waals surface area contributed by atoms with Crippen LogP contribution in [-0.2, 0) is 9.59 Å². The number of carbonyl (C=O) groups excluding carboxylic acids is 1. The zero-order valence-corrected chi connectivity index (χ0v) is 12.9. The van der Waals surface area contributed by atoms with Crippen molar-refractivity contribution in [1.29, 1.82) is 0 Å². The van der Waals surface area contributed by atoms with E-state index in [-0.39, 0.29) is 11.8 Å². The third-order valence-electron chi connectivity index (χ3n) is 4.53. The number of nitrogens with one attached hydrogen (secondary N) is 1. The first kappa shape index (κ1) is 17.0. The van der Waals surface area contributed by atoms with Gasteiger partial charge in [0.05, 0.1) is 11.8 Å². The van der Waals surface area contributed by atoms with Crippen LogP contribution >= 0.6 is 0 Å². The van der Waals surface area contributed by atoms with Gasteiger partial charge in [-0.3, -0.25) is 9.59 Å².